The lowest BCUT2D eigenvalue weighted by Gasteiger charge is -2.18. The van der Waals surface area contributed by atoms with Gasteiger partial charge in [-0.1, -0.05) is 25.3 Å². The van der Waals surface area contributed by atoms with Gasteiger partial charge in [0.05, 0.1) is 24.9 Å². The second kappa shape index (κ2) is 6.93. The summed E-state index contributed by atoms with van der Waals surface area (Å²) in [7, 11) is 1.18. The van der Waals surface area contributed by atoms with E-state index in [1.165, 1.54) is 23.3 Å². The predicted molar refractivity (Wildman–Crippen MR) is 95.9 cm³/mol. The highest BCUT2D eigenvalue weighted by molar-refractivity contribution is 7.07. The van der Waals surface area contributed by atoms with E-state index in [0.29, 0.717) is 5.56 Å². The number of thiazole rings is 1. The van der Waals surface area contributed by atoms with Gasteiger partial charge in [0.25, 0.3) is 11.8 Å². The predicted octanol–water partition coefficient (Wildman–Crippen LogP) is 2.08. The van der Waals surface area contributed by atoms with E-state index in [9.17, 15) is 14.4 Å². The molecule has 0 aliphatic carbocycles. The smallest absolute Gasteiger partial charge is 0.353 e. The molecule has 132 valence electrons. The topological polar surface area (TPSA) is 88.6 Å². The highest BCUT2D eigenvalue weighted by Crippen LogP contribution is 2.33. The van der Waals surface area contributed by atoms with Crippen LogP contribution < -0.4 is 5.32 Å². The summed E-state index contributed by atoms with van der Waals surface area (Å²) in [5, 5.41) is 4.18. The molecule has 1 aromatic heterocycles. The number of methoxy groups -OCH3 is 1. The first-order valence-corrected chi connectivity index (χ1v) is 8.48. The molecular weight excluding hydrogens is 354 g/mol. The maximum absolute atomic E-state index is 12.7. The van der Waals surface area contributed by atoms with Gasteiger partial charge in [0.2, 0.25) is 0 Å². The molecule has 1 aliphatic heterocycles. The molecule has 0 bridgehead atoms. The zero-order valence-electron chi connectivity index (χ0n) is 13.9. The Morgan fingerprint density at radius 2 is 2.04 bits per heavy atom. The van der Waals surface area contributed by atoms with Crippen molar-refractivity contribution in [3.05, 3.63) is 64.8 Å². The van der Waals surface area contributed by atoms with Crippen molar-refractivity contribution in [1.82, 2.24) is 15.2 Å². The zero-order chi connectivity index (χ0) is 18.8. The average molecular weight is 369 g/mol. The van der Waals surface area contributed by atoms with Gasteiger partial charge in [-0.15, -0.1) is 11.3 Å². The van der Waals surface area contributed by atoms with Gasteiger partial charge < -0.3 is 10.1 Å². The van der Waals surface area contributed by atoms with Crippen molar-refractivity contribution < 1.29 is 19.1 Å². The number of nitrogens with zero attached hydrogens (tertiary/aromatic N) is 2. The maximum Gasteiger partial charge on any atom is 0.353 e. The molecule has 7 nitrogen and oxygen atoms in total. The molecule has 0 saturated carbocycles. The first kappa shape index (κ1) is 17.6. The Balaban J connectivity index is 1.83. The van der Waals surface area contributed by atoms with Crippen molar-refractivity contribution in [3.63, 3.8) is 0 Å². The molecule has 26 heavy (non-hydrogen) atoms. The maximum atomic E-state index is 12.7. The lowest BCUT2D eigenvalue weighted by atomic mass is 10.0. The lowest BCUT2D eigenvalue weighted by molar-refractivity contribution is -0.137. The Morgan fingerprint density at radius 3 is 2.69 bits per heavy atom. The largest absolute Gasteiger partial charge is 0.464 e. The molecule has 8 heteroatoms. The van der Waals surface area contributed by atoms with E-state index in [1.807, 2.05) is 11.4 Å². The number of hydrogen-bond acceptors (Lipinski definition) is 6. The number of rotatable bonds is 5. The molecular formula is C18H15N3O4S. The third-order valence-corrected chi connectivity index (χ3v) is 4.55. The van der Waals surface area contributed by atoms with Crippen LogP contribution in [-0.2, 0) is 20.9 Å². The van der Waals surface area contributed by atoms with Crippen LogP contribution in [0.4, 0.5) is 0 Å². The van der Waals surface area contributed by atoms with Gasteiger partial charge >= 0.3 is 5.97 Å². The molecule has 3 rings (SSSR count). The second-order valence-corrected chi connectivity index (χ2v) is 6.19. The van der Waals surface area contributed by atoms with Crippen molar-refractivity contribution in [2.75, 3.05) is 7.11 Å². The van der Waals surface area contributed by atoms with Crippen LogP contribution in [0.5, 0.6) is 0 Å². The summed E-state index contributed by atoms with van der Waals surface area (Å²) >= 11 is 1.46. The number of carbonyl (C=O) groups excluding carboxylic acids is 3. The van der Waals surface area contributed by atoms with Crippen LogP contribution in [0.15, 0.2) is 53.6 Å². The first-order valence-electron chi connectivity index (χ1n) is 7.53. The Morgan fingerprint density at radius 1 is 1.31 bits per heavy atom. The van der Waals surface area contributed by atoms with Crippen LogP contribution in [0, 0.1) is 0 Å². The van der Waals surface area contributed by atoms with Crippen molar-refractivity contribution >= 4 is 29.1 Å². The summed E-state index contributed by atoms with van der Waals surface area (Å²) in [6, 6.07) is 5.36. The van der Waals surface area contributed by atoms with E-state index in [4.69, 9.17) is 0 Å². The standard InChI is InChI=1S/C18H15N3O4S/c1-10(18(24)25-3)20-16(22)11(2)21-7-14-12(15-8-26-9-19-15)5-4-6-13(14)17(21)23/h4-6,8-9H,1-2,7H2,3H3,(H,20,22). The second-order valence-electron chi connectivity index (χ2n) is 5.47. The summed E-state index contributed by atoms with van der Waals surface area (Å²) in [4.78, 5) is 41.9. The van der Waals surface area contributed by atoms with Crippen molar-refractivity contribution in [2.24, 2.45) is 0 Å². The van der Waals surface area contributed by atoms with Gasteiger partial charge in [-0.25, -0.2) is 9.78 Å². The monoisotopic (exact) mass is 369 g/mol. The summed E-state index contributed by atoms with van der Waals surface area (Å²) in [6.45, 7) is 7.30. The Bertz CT molecular complexity index is 934. The average Bonchev–Trinajstić information content (AvgIpc) is 3.28. The van der Waals surface area contributed by atoms with Crippen LogP contribution in [-0.4, -0.2) is 34.8 Å². The molecule has 0 saturated heterocycles. The molecule has 0 spiro atoms. The number of fused-ring (bicyclic) bond motifs is 1. The van der Waals surface area contributed by atoms with Crippen LogP contribution in [0.2, 0.25) is 0 Å². The minimum atomic E-state index is -0.770. The SMILES string of the molecule is C=C(NC(=O)C(=C)N1Cc2c(cccc2-c2cscn2)C1=O)C(=O)OC. The number of ether oxygens (including phenoxy) is 1. The number of benzene rings is 1. The molecule has 2 heterocycles. The fraction of sp³-hybridized carbons (Fsp3) is 0.111. The van der Waals surface area contributed by atoms with E-state index >= 15 is 0 Å². The van der Waals surface area contributed by atoms with E-state index in [2.05, 4.69) is 28.2 Å². The summed E-state index contributed by atoms with van der Waals surface area (Å²) in [5.74, 6) is -1.80. The van der Waals surface area contributed by atoms with Gasteiger partial charge in [0.1, 0.15) is 11.4 Å². The van der Waals surface area contributed by atoms with Crippen molar-refractivity contribution in [2.45, 2.75) is 6.54 Å². The first-order chi connectivity index (χ1) is 12.4. The van der Waals surface area contributed by atoms with Gasteiger partial charge in [0, 0.05) is 16.5 Å². The summed E-state index contributed by atoms with van der Waals surface area (Å²) in [5.41, 5.74) is 4.29. The zero-order valence-corrected chi connectivity index (χ0v) is 14.8. The quantitative estimate of drug-likeness (QED) is 0.644. The molecule has 2 aromatic rings. The van der Waals surface area contributed by atoms with Crippen LogP contribution in [0.25, 0.3) is 11.3 Å². The van der Waals surface area contributed by atoms with E-state index in [0.717, 1.165) is 16.8 Å². The van der Waals surface area contributed by atoms with Gasteiger partial charge in [0.15, 0.2) is 0 Å². The lowest BCUT2D eigenvalue weighted by Crippen LogP contribution is -2.36. The van der Waals surface area contributed by atoms with E-state index in [1.54, 1.807) is 17.6 Å². The van der Waals surface area contributed by atoms with E-state index < -0.39 is 11.9 Å². The number of hydrogen-bond donors (Lipinski definition) is 1. The van der Waals surface area contributed by atoms with Crippen molar-refractivity contribution in [1.29, 1.82) is 0 Å². The van der Waals surface area contributed by atoms with Crippen LogP contribution >= 0.6 is 11.3 Å². The van der Waals surface area contributed by atoms with Gasteiger partial charge in [-0.3, -0.25) is 14.5 Å². The third-order valence-electron chi connectivity index (χ3n) is 3.96. The number of carbonyl (C=O) groups is 3. The molecule has 1 aromatic carbocycles. The molecule has 0 atom stereocenters. The Hall–Kier alpha value is -3.26. The van der Waals surface area contributed by atoms with Crippen LogP contribution in [0.3, 0.4) is 0 Å². The molecule has 1 N–H and O–H groups in total. The molecule has 0 unspecified atom stereocenters. The number of aromatic nitrogens is 1. The molecule has 1 aliphatic rings. The summed E-state index contributed by atoms with van der Waals surface area (Å²) < 4.78 is 4.48. The third kappa shape index (κ3) is 3.02. The minimum absolute atomic E-state index is 0.0829. The fourth-order valence-electron chi connectivity index (χ4n) is 2.64. The van der Waals surface area contributed by atoms with Gasteiger partial charge in [-0.05, 0) is 11.6 Å². The van der Waals surface area contributed by atoms with Crippen molar-refractivity contribution in [3.8, 4) is 11.3 Å². The van der Waals surface area contributed by atoms with Gasteiger partial charge in [-0.2, -0.15) is 0 Å². The molecule has 2 amide bonds. The Kier molecular flexibility index (Phi) is 4.68. The summed E-state index contributed by atoms with van der Waals surface area (Å²) in [6.07, 6.45) is 0. The fourth-order valence-corrected chi connectivity index (χ4v) is 3.19. The number of esters is 1. The normalized spacial score (nSPS) is 12.5. The van der Waals surface area contributed by atoms with E-state index in [-0.39, 0.29) is 23.8 Å². The minimum Gasteiger partial charge on any atom is -0.464 e. The molecule has 0 radical (unpaired) electrons. The highest BCUT2D eigenvalue weighted by Gasteiger charge is 2.33. The number of amides is 2. The van der Waals surface area contributed by atoms with Crippen LogP contribution in [0.1, 0.15) is 15.9 Å². The molecule has 0 fully saturated rings. The Labute approximate surface area is 153 Å². The highest BCUT2D eigenvalue weighted by atomic mass is 32.1. The number of nitrogens with one attached hydrogen (secondary N) is 1.